The van der Waals surface area contributed by atoms with Crippen LogP contribution in [-0.4, -0.2) is 42.3 Å². The molecule has 0 bridgehead atoms. The van der Waals surface area contributed by atoms with E-state index in [2.05, 4.69) is 42.5 Å². The van der Waals surface area contributed by atoms with E-state index >= 15 is 0 Å². The fourth-order valence-corrected chi connectivity index (χ4v) is 4.16. The van der Waals surface area contributed by atoms with E-state index in [0.29, 0.717) is 20.3 Å². The molecule has 0 spiro atoms. The van der Waals surface area contributed by atoms with Gasteiger partial charge in [0.2, 0.25) is 0 Å². The Kier molecular flexibility index (Phi) is 6.70. The maximum Gasteiger partial charge on any atom is 0.343 e. The number of halogens is 2. The Hall–Kier alpha value is -1.76. The highest BCUT2D eigenvalue weighted by Crippen LogP contribution is 2.37. The van der Waals surface area contributed by atoms with Crippen LogP contribution in [0.5, 0.6) is 5.75 Å². The van der Waals surface area contributed by atoms with E-state index in [1.807, 2.05) is 0 Å². The molecule has 2 amide bonds. The zero-order valence-corrected chi connectivity index (χ0v) is 16.9. The van der Waals surface area contributed by atoms with Crippen LogP contribution in [-0.2, 0) is 14.3 Å². The quantitative estimate of drug-likeness (QED) is 0.359. The lowest BCUT2D eigenvalue weighted by molar-refractivity contribution is -0.143. The van der Waals surface area contributed by atoms with Crippen molar-refractivity contribution in [2.45, 2.75) is 0 Å². The van der Waals surface area contributed by atoms with Crippen molar-refractivity contribution in [2.24, 2.45) is 0 Å². The number of benzene rings is 1. The molecule has 1 aliphatic heterocycles. The first-order valence-corrected chi connectivity index (χ1v) is 9.15. The molecule has 2 rings (SSSR count). The van der Waals surface area contributed by atoms with Gasteiger partial charge in [-0.05, 0) is 67.4 Å². The summed E-state index contributed by atoms with van der Waals surface area (Å²) < 4.78 is 11.0. The molecule has 1 saturated heterocycles. The van der Waals surface area contributed by atoms with Gasteiger partial charge in [-0.2, -0.15) is 0 Å². The van der Waals surface area contributed by atoms with Crippen molar-refractivity contribution in [3.8, 4) is 18.1 Å². The number of rotatable bonds is 5. The number of carbonyl (C=O) groups excluding carboxylic acids is 3. The molecule has 6 nitrogen and oxygen atoms in total. The Labute approximate surface area is 165 Å². The summed E-state index contributed by atoms with van der Waals surface area (Å²) in [7, 11) is 1.27. The molecule has 0 aliphatic carbocycles. The minimum absolute atomic E-state index is 0.0598. The van der Waals surface area contributed by atoms with Gasteiger partial charge in [0.1, 0.15) is 5.75 Å². The number of thioether (sulfide) groups is 1. The van der Waals surface area contributed by atoms with Crippen LogP contribution in [0.25, 0.3) is 6.08 Å². The topological polar surface area (TPSA) is 72.9 Å². The first-order valence-electron chi connectivity index (χ1n) is 6.75. The number of amides is 2. The fraction of sp³-hybridized carbons (Fsp3) is 0.188. The van der Waals surface area contributed by atoms with Gasteiger partial charge in [-0.1, -0.05) is 5.92 Å². The molecular weight excluding hydrogens is 478 g/mol. The minimum Gasteiger partial charge on any atom is -0.480 e. The van der Waals surface area contributed by atoms with E-state index in [1.165, 1.54) is 7.11 Å². The smallest absolute Gasteiger partial charge is 0.343 e. The van der Waals surface area contributed by atoms with Crippen LogP contribution in [0.4, 0.5) is 4.79 Å². The van der Waals surface area contributed by atoms with Crippen LogP contribution in [0.1, 0.15) is 5.56 Å². The molecule has 1 heterocycles. The normalized spacial score (nSPS) is 15.4. The van der Waals surface area contributed by atoms with Gasteiger partial charge >= 0.3 is 5.97 Å². The van der Waals surface area contributed by atoms with Crippen molar-refractivity contribution < 1.29 is 23.9 Å². The van der Waals surface area contributed by atoms with Gasteiger partial charge in [0.15, 0.2) is 6.61 Å². The number of methoxy groups -OCH3 is 1. The van der Waals surface area contributed by atoms with Crippen LogP contribution in [0, 0.1) is 12.3 Å². The number of imide groups is 1. The van der Waals surface area contributed by atoms with Crippen molar-refractivity contribution >= 4 is 66.8 Å². The zero-order valence-electron chi connectivity index (χ0n) is 12.9. The van der Waals surface area contributed by atoms with Crippen molar-refractivity contribution in [3.05, 3.63) is 31.5 Å². The molecule has 0 unspecified atom stereocenters. The summed E-state index contributed by atoms with van der Waals surface area (Å²) in [5, 5.41) is -0.398. The second-order valence-electron chi connectivity index (χ2n) is 4.65. The first kappa shape index (κ1) is 19.6. The molecule has 9 heteroatoms. The Balaban J connectivity index is 2.24. The molecule has 1 aromatic carbocycles. The molecule has 130 valence electrons. The largest absolute Gasteiger partial charge is 0.480 e. The number of hydrogen-bond donors (Lipinski definition) is 0. The molecule has 1 aliphatic rings. The van der Waals surface area contributed by atoms with Crippen LogP contribution < -0.4 is 4.74 Å². The number of ether oxygens (including phenoxy) is 2. The van der Waals surface area contributed by atoms with E-state index < -0.39 is 17.1 Å². The molecule has 0 N–H and O–H groups in total. The summed E-state index contributed by atoms with van der Waals surface area (Å²) in [6, 6.07) is 3.40. The van der Waals surface area contributed by atoms with Gasteiger partial charge in [0, 0.05) is 0 Å². The lowest BCUT2D eigenvalue weighted by atomic mass is 10.2. The van der Waals surface area contributed by atoms with Gasteiger partial charge in [-0.3, -0.25) is 14.5 Å². The maximum atomic E-state index is 12.2. The molecular formula is C16H11Br2NO5S. The minimum atomic E-state index is -0.509. The number of carbonyl (C=O) groups is 3. The molecule has 0 radical (unpaired) electrons. The number of hydrogen-bond acceptors (Lipinski definition) is 6. The SMILES string of the molecule is C#CCN1C(=O)S/C(=C\c2cc(Br)c(OCC(=O)OC)c(Br)c2)C1=O. The third kappa shape index (κ3) is 4.66. The summed E-state index contributed by atoms with van der Waals surface area (Å²) in [5.74, 6) is 1.77. The van der Waals surface area contributed by atoms with Crippen molar-refractivity contribution in [2.75, 3.05) is 20.3 Å². The Bertz CT molecular complexity index is 792. The van der Waals surface area contributed by atoms with Crippen LogP contribution in [0.3, 0.4) is 0 Å². The third-order valence-electron chi connectivity index (χ3n) is 3.00. The van der Waals surface area contributed by atoms with Crippen LogP contribution in [0.15, 0.2) is 26.0 Å². The predicted octanol–water partition coefficient (Wildman–Crippen LogP) is 3.43. The summed E-state index contributed by atoms with van der Waals surface area (Å²) in [4.78, 5) is 36.4. The van der Waals surface area contributed by atoms with Crippen molar-refractivity contribution in [1.29, 1.82) is 0 Å². The zero-order chi connectivity index (χ0) is 18.6. The molecule has 0 atom stereocenters. The molecule has 1 aromatic rings. The molecule has 0 aromatic heterocycles. The monoisotopic (exact) mass is 487 g/mol. The summed E-state index contributed by atoms with van der Waals surface area (Å²) in [5.41, 5.74) is 0.662. The average Bonchev–Trinajstić information content (AvgIpc) is 2.81. The second kappa shape index (κ2) is 8.56. The summed E-state index contributed by atoms with van der Waals surface area (Å²) >= 11 is 7.53. The first-order chi connectivity index (χ1) is 11.9. The number of nitrogens with zero attached hydrogens (tertiary/aromatic N) is 1. The predicted molar refractivity (Wildman–Crippen MR) is 101 cm³/mol. The van der Waals surface area contributed by atoms with Crippen LogP contribution >= 0.6 is 43.6 Å². The highest BCUT2D eigenvalue weighted by atomic mass is 79.9. The summed E-state index contributed by atoms with van der Waals surface area (Å²) in [6.07, 6.45) is 6.75. The molecule has 0 saturated carbocycles. The van der Waals surface area contributed by atoms with Gasteiger partial charge in [0.25, 0.3) is 11.1 Å². The van der Waals surface area contributed by atoms with Gasteiger partial charge < -0.3 is 9.47 Å². The molecule has 25 heavy (non-hydrogen) atoms. The Morgan fingerprint density at radius 2 is 2.00 bits per heavy atom. The van der Waals surface area contributed by atoms with E-state index in [9.17, 15) is 14.4 Å². The number of esters is 1. The van der Waals surface area contributed by atoms with Crippen LogP contribution in [0.2, 0.25) is 0 Å². The second-order valence-corrected chi connectivity index (χ2v) is 7.35. The summed E-state index contributed by atoms with van der Waals surface area (Å²) in [6.45, 7) is -0.298. The molecule has 1 fully saturated rings. The van der Waals surface area contributed by atoms with E-state index in [4.69, 9.17) is 11.2 Å². The van der Waals surface area contributed by atoms with E-state index in [1.54, 1.807) is 18.2 Å². The lowest BCUT2D eigenvalue weighted by Crippen LogP contribution is -2.28. The van der Waals surface area contributed by atoms with Gasteiger partial charge in [-0.15, -0.1) is 6.42 Å². The highest BCUT2D eigenvalue weighted by molar-refractivity contribution is 9.11. The van der Waals surface area contributed by atoms with Gasteiger partial charge in [-0.25, -0.2) is 4.79 Å². The van der Waals surface area contributed by atoms with Crippen molar-refractivity contribution in [1.82, 2.24) is 4.90 Å². The van der Waals surface area contributed by atoms with Crippen molar-refractivity contribution in [3.63, 3.8) is 0 Å². The standard InChI is InChI=1S/C16H11Br2NO5S/c1-3-4-19-15(21)12(25-16(19)22)7-9-5-10(17)14(11(18)6-9)24-8-13(20)23-2/h1,5-7H,4,8H2,2H3/b12-7-. The van der Waals surface area contributed by atoms with E-state index in [-0.39, 0.29) is 18.1 Å². The third-order valence-corrected chi connectivity index (χ3v) is 5.09. The lowest BCUT2D eigenvalue weighted by Gasteiger charge is -2.10. The maximum absolute atomic E-state index is 12.2. The highest BCUT2D eigenvalue weighted by Gasteiger charge is 2.34. The number of terminal acetylenes is 1. The average molecular weight is 489 g/mol. The Morgan fingerprint density at radius 1 is 1.36 bits per heavy atom. The van der Waals surface area contributed by atoms with E-state index in [0.717, 1.165) is 16.7 Å². The fourth-order valence-electron chi connectivity index (χ4n) is 1.87. The Morgan fingerprint density at radius 3 is 2.56 bits per heavy atom. The van der Waals surface area contributed by atoms with Gasteiger partial charge in [0.05, 0.1) is 27.5 Å².